The number of methoxy groups -OCH3 is 1. The molecule has 2 aromatic heterocycles. The summed E-state index contributed by atoms with van der Waals surface area (Å²) in [6.45, 7) is 2.73. The van der Waals surface area contributed by atoms with Gasteiger partial charge in [0.05, 0.1) is 18.7 Å². The summed E-state index contributed by atoms with van der Waals surface area (Å²) in [7, 11) is 1.67. The molecule has 1 aliphatic heterocycles. The van der Waals surface area contributed by atoms with Crippen LogP contribution in [-0.2, 0) is 0 Å². The van der Waals surface area contributed by atoms with E-state index in [-0.39, 0.29) is 11.7 Å². The number of benzene rings is 1. The highest BCUT2D eigenvalue weighted by Crippen LogP contribution is 2.29. The van der Waals surface area contributed by atoms with Gasteiger partial charge in [-0.2, -0.15) is 10.2 Å². The second-order valence-electron chi connectivity index (χ2n) is 6.96. The van der Waals surface area contributed by atoms with Gasteiger partial charge in [-0.05, 0) is 55.8 Å². The Morgan fingerprint density at radius 2 is 2.03 bits per heavy atom. The maximum Gasteiger partial charge on any atom is 0.232 e. The molecule has 4 rings (SSSR count). The number of nitrogens with one attached hydrogen (secondary N) is 1. The largest absolute Gasteiger partial charge is 0.497 e. The van der Waals surface area contributed by atoms with E-state index in [4.69, 9.17) is 9.15 Å². The van der Waals surface area contributed by atoms with Crippen LogP contribution in [0.3, 0.4) is 0 Å². The van der Waals surface area contributed by atoms with Crippen LogP contribution in [0.5, 0.6) is 5.75 Å². The molecule has 7 nitrogen and oxygen atoms in total. The van der Waals surface area contributed by atoms with Crippen molar-refractivity contribution in [3.05, 3.63) is 60.0 Å². The Kier molecular flexibility index (Phi) is 5.73. The highest BCUT2D eigenvalue weighted by molar-refractivity contribution is 5.57. The predicted octanol–water partition coefficient (Wildman–Crippen LogP) is 3.87. The maximum atomic E-state index is 9.48. The summed E-state index contributed by atoms with van der Waals surface area (Å²) in [5.41, 5.74) is 2.19. The van der Waals surface area contributed by atoms with E-state index >= 15 is 0 Å². The van der Waals surface area contributed by atoms with Gasteiger partial charge >= 0.3 is 0 Å². The Bertz CT molecular complexity index is 973. The van der Waals surface area contributed by atoms with Gasteiger partial charge < -0.3 is 14.5 Å². The number of nitrogens with zero attached hydrogens (tertiary/aromatic N) is 4. The van der Waals surface area contributed by atoms with Crippen LogP contribution in [-0.4, -0.2) is 41.6 Å². The highest BCUT2D eigenvalue weighted by atomic mass is 16.5. The van der Waals surface area contributed by atoms with Crippen molar-refractivity contribution in [1.29, 1.82) is 5.26 Å². The molecule has 0 unspecified atom stereocenters. The lowest BCUT2D eigenvalue weighted by Crippen LogP contribution is -2.31. The van der Waals surface area contributed by atoms with Crippen molar-refractivity contribution in [2.45, 2.75) is 18.9 Å². The van der Waals surface area contributed by atoms with Gasteiger partial charge in [-0.25, -0.2) is 0 Å². The number of hydrogen-bond donors (Lipinski definition) is 1. The molecule has 1 aromatic carbocycles. The van der Waals surface area contributed by atoms with Crippen molar-refractivity contribution in [2.75, 3.05) is 32.1 Å². The van der Waals surface area contributed by atoms with E-state index in [1.54, 1.807) is 19.5 Å². The molecular formula is C22H23N5O2. The SMILES string of the molecule is COc1ccc([C@@H](CNc2oc(-c3cccnc3)nc2C#N)N2CCCC2)cc1. The Morgan fingerprint density at radius 1 is 1.24 bits per heavy atom. The summed E-state index contributed by atoms with van der Waals surface area (Å²) < 4.78 is 11.1. The number of anilines is 1. The van der Waals surface area contributed by atoms with E-state index < -0.39 is 0 Å². The average Bonchev–Trinajstić information content (AvgIpc) is 3.45. The lowest BCUT2D eigenvalue weighted by Gasteiger charge is -2.28. The molecule has 1 N–H and O–H groups in total. The van der Waals surface area contributed by atoms with Crippen molar-refractivity contribution >= 4 is 5.88 Å². The quantitative estimate of drug-likeness (QED) is 0.656. The van der Waals surface area contributed by atoms with Gasteiger partial charge in [-0.1, -0.05) is 12.1 Å². The number of rotatable bonds is 7. The van der Waals surface area contributed by atoms with Crippen molar-refractivity contribution in [1.82, 2.24) is 14.9 Å². The van der Waals surface area contributed by atoms with Crippen LogP contribution >= 0.6 is 0 Å². The Morgan fingerprint density at radius 3 is 2.69 bits per heavy atom. The second-order valence-corrected chi connectivity index (χ2v) is 6.96. The van der Waals surface area contributed by atoms with Gasteiger partial charge in [0.25, 0.3) is 0 Å². The van der Waals surface area contributed by atoms with Crippen molar-refractivity contribution in [2.24, 2.45) is 0 Å². The lowest BCUT2D eigenvalue weighted by molar-refractivity contribution is 0.255. The zero-order valence-electron chi connectivity index (χ0n) is 16.3. The third-order valence-electron chi connectivity index (χ3n) is 5.18. The molecule has 29 heavy (non-hydrogen) atoms. The zero-order valence-corrected chi connectivity index (χ0v) is 16.3. The Balaban J connectivity index is 1.55. The maximum absolute atomic E-state index is 9.48. The first kappa shape index (κ1) is 19.0. The van der Waals surface area contributed by atoms with Crippen LogP contribution in [0.1, 0.15) is 30.1 Å². The summed E-state index contributed by atoms with van der Waals surface area (Å²) >= 11 is 0. The first-order valence-corrected chi connectivity index (χ1v) is 9.71. The van der Waals surface area contributed by atoms with Crippen LogP contribution < -0.4 is 10.1 Å². The van der Waals surface area contributed by atoms with Gasteiger partial charge in [0.1, 0.15) is 11.8 Å². The molecule has 0 amide bonds. The molecule has 0 aliphatic carbocycles. The first-order valence-electron chi connectivity index (χ1n) is 9.71. The third kappa shape index (κ3) is 4.23. The molecule has 0 spiro atoms. The zero-order chi connectivity index (χ0) is 20.1. The Hall–Kier alpha value is -3.37. The van der Waals surface area contributed by atoms with Gasteiger partial charge in [0, 0.05) is 18.9 Å². The van der Waals surface area contributed by atoms with E-state index in [1.807, 2.05) is 24.3 Å². The predicted molar refractivity (Wildman–Crippen MR) is 109 cm³/mol. The average molecular weight is 389 g/mol. The number of nitriles is 1. The summed E-state index contributed by atoms with van der Waals surface area (Å²) in [6.07, 6.45) is 5.75. The third-order valence-corrected chi connectivity index (χ3v) is 5.18. The summed E-state index contributed by atoms with van der Waals surface area (Å²) in [5.74, 6) is 1.62. The number of pyridine rings is 1. The molecular weight excluding hydrogens is 366 g/mol. The fraction of sp³-hybridized carbons (Fsp3) is 0.318. The van der Waals surface area contributed by atoms with Crippen molar-refractivity contribution in [3.63, 3.8) is 0 Å². The molecule has 7 heteroatoms. The van der Waals surface area contributed by atoms with Gasteiger partial charge in [-0.3, -0.25) is 9.88 Å². The van der Waals surface area contributed by atoms with E-state index in [0.717, 1.165) is 24.4 Å². The standard InChI is InChI=1S/C22H23N5O2/c1-28-18-8-6-16(7-9-18)20(27-11-2-3-12-27)15-25-22-19(13-23)26-21(29-22)17-5-4-10-24-14-17/h4-10,14,20,25H,2-3,11-12,15H2,1H3/t20-/m1/s1. The normalized spacial score (nSPS) is 15.0. The molecule has 0 saturated carbocycles. The van der Waals surface area contributed by atoms with Crippen LogP contribution in [0, 0.1) is 11.3 Å². The summed E-state index contributed by atoms with van der Waals surface area (Å²) in [4.78, 5) is 10.9. The molecule has 1 aliphatic rings. The number of likely N-dealkylation sites (tertiary alicyclic amines) is 1. The van der Waals surface area contributed by atoms with Gasteiger partial charge in [-0.15, -0.1) is 0 Å². The molecule has 3 aromatic rings. The fourth-order valence-electron chi connectivity index (χ4n) is 3.65. The minimum atomic E-state index is 0.168. The van der Waals surface area contributed by atoms with Crippen LogP contribution in [0.2, 0.25) is 0 Å². The van der Waals surface area contributed by atoms with Crippen LogP contribution in [0.25, 0.3) is 11.5 Å². The lowest BCUT2D eigenvalue weighted by atomic mass is 10.1. The van der Waals surface area contributed by atoms with Crippen LogP contribution in [0.15, 0.2) is 53.2 Å². The molecule has 0 radical (unpaired) electrons. The van der Waals surface area contributed by atoms with Crippen molar-refractivity contribution < 1.29 is 9.15 Å². The number of hydrogen-bond acceptors (Lipinski definition) is 7. The molecule has 148 valence electrons. The van der Waals surface area contributed by atoms with Crippen molar-refractivity contribution in [3.8, 4) is 23.3 Å². The molecule has 3 heterocycles. The minimum Gasteiger partial charge on any atom is -0.497 e. The van der Waals surface area contributed by atoms with E-state index in [2.05, 4.69) is 38.4 Å². The summed E-state index contributed by atoms with van der Waals surface area (Å²) in [5, 5.41) is 12.8. The van der Waals surface area contributed by atoms with E-state index in [9.17, 15) is 5.26 Å². The fourth-order valence-corrected chi connectivity index (χ4v) is 3.65. The van der Waals surface area contributed by atoms with Gasteiger partial charge in [0.2, 0.25) is 17.5 Å². The highest BCUT2D eigenvalue weighted by Gasteiger charge is 2.25. The number of ether oxygens (including phenoxy) is 1. The molecule has 1 saturated heterocycles. The second kappa shape index (κ2) is 8.76. The number of aromatic nitrogens is 2. The monoisotopic (exact) mass is 389 g/mol. The Labute approximate surface area is 170 Å². The minimum absolute atomic E-state index is 0.168. The van der Waals surface area contributed by atoms with Crippen LogP contribution in [0.4, 0.5) is 5.88 Å². The van der Waals surface area contributed by atoms with E-state index in [1.165, 1.54) is 18.4 Å². The first-order chi connectivity index (χ1) is 14.3. The van der Waals surface area contributed by atoms with E-state index in [0.29, 0.717) is 18.3 Å². The smallest absolute Gasteiger partial charge is 0.232 e. The molecule has 0 bridgehead atoms. The molecule has 1 atom stereocenters. The summed E-state index contributed by atoms with van der Waals surface area (Å²) in [6, 6.07) is 14.1. The topological polar surface area (TPSA) is 87.2 Å². The number of oxazole rings is 1. The van der Waals surface area contributed by atoms with Gasteiger partial charge in [0.15, 0.2) is 0 Å². The molecule has 1 fully saturated rings.